The smallest absolute Gasteiger partial charge is 0.228 e. The van der Waals surface area contributed by atoms with Crippen molar-refractivity contribution in [2.24, 2.45) is 5.92 Å². The zero-order valence-electron chi connectivity index (χ0n) is 12.7. The summed E-state index contributed by atoms with van der Waals surface area (Å²) in [6.45, 7) is 2.29. The molecule has 1 unspecified atom stereocenters. The van der Waals surface area contributed by atoms with E-state index in [-0.39, 0.29) is 17.4 Å². The Hall–Kier alpha value is -0.540. The van der Waals surface area contributed by atoms with E-state index in [1.54, 1.807) is 11.3 Å². The van der Waals surface area contributed by atoms with E-state index in [1.807, 2.05) is 0 Å². The molecule has 0 radical (unpaired) electrons. The largest absolute Gasteiger partial charge is 0.349 e. The van der Waals surface area contributed by atoms with Crippen LogP contribution in [0.3, 0.4) is 0 Å². The second-order valence-corrected chi connectivity index (χ2v) is 8.10. The first kappa shape index (κ1) is 15.4. The third kappa shape index (κ3) is 3.14. The van der Waals surface area contributed by atoms with Gasteiger partial charge in [-0.15, -0.1) is 22.9 Å². The van der Waals surface area contributed by atoms with E-state index in [1.165, 1.54) is 23.3 Å². The number of aryl methyl sites for hydroxylation is 1. The third-order valence-electron chi connectivity index (χ3n) is 5.24. The first-order valence-corrected chi connectivity index (χ1v) is 9.49. The van der Waals surface area contributed by atoms with E-state index in [0.29, 0.717) is 5.88 Å². The zero-order chi connectivity index (χ0) is 14.9. The summed E-state index contributed by atoms with van der Waals surface area (Å²) >= 11 is 8.03. The Kier molecular flexibility index (Phi) is 4.60. The maximum Gasteiger partial charge on any atom is 0.228 e. The molecular weight excluding hydrogens is 302 g/mol. The van der Waals surface area contributed by atoms with Gasteiger partial charge >= 0.3 is 0 Å². The fraction of sp³-hybridized carbons (Fsp3) is 0.706. The topological polar surface area (TPSA) is 29.1 Å². The first-order valence-electron chi connectivity index (χ1n) is 8.08. The standard InChI is InChI=1S/C17H24ClNOS/c1-12-5-8-17(11-18,9-6-12)19-16(20)14-3-2-4-15-13(14)7-10-21-15/h7,10,12,14H,2-6,8-9,11H2,1H3,(H,19,20). The normalized spacial score (nSPS) is 32.5. The Morgan fingerprint density at radius 2 is 2.19 bits per heavy atom. The highest BCUT2D eigenvalue weighted by molar-refractivity contribution is 7.10. The highest BCUT2D eigenvalue weighted by Gasteiger charge is 2.37. The number of halogens is 1. The molecule has 1 saturated carbocycles. The molecule has 0 aromatic carbocycles. The van der Waals surface area contributed by atoms with E-state index < -0.39 is 0 Å². The summed E-state index contributed by atoms with van der Waals surface area (Å²) in [6.07, 6.45) is 7.61. The van der Waals surface area contributed by atoms with Gasteiger partial charge in [0.25, 0.3) is 0 Å². The molecule has 1 aromatic heterocycles. The number of carbonyl (C=O) groups excluding carboxylic acids is 1. The van der Waals surface area contributed by atoms with E-state index >= 15 is 0 Å². The molecule has 0 saturated heterocycles. The van der Waals surface area contributed by atoms with Gasteiger partial charge < -0.3 is 5.32 Å². The number of amides is 1. The molecule has 0 spiro atoms. The molecule has 2 aliphatic carbocycles. The Balaban J connectivity index is 1.72. The molecule has 2 aliphatic rings. The van der Waals surface area contributed by atoms with Crippen LogP contribution in [0.25, 0.3) is 0 Å². The molecule has 1 heterocycles. The van der Waals surface area contributed by atoms with Gasteiger partial charge in [-0.05, 0) is 67.9 Å². The maximum atomic E-state index is 12.8. The Bertz CT molecular complexity index is 505. The molecule has 1 amide bonds. The minimum atomic E-state index is -0.168. The summed E-state index contributed by atoms with van der Waals surface area (Å²) in [7, 11) is 0. The number of alkyl halides is 1. The van der Waals surface area contributed by atoms with E-state index in [9.17, 15) is 4.79 Å². The molecule has 2 nitrogen and oxygen atoms in total. The van der Waals surface area contributed by atoms with Crippen LogP contribution in [0.2, 0.25) is 0 Å². The summed E-state index contributed by atoms with van der Waals surface area (Å²) < 4.78 is 0. The summed E-state index contributed by atoms with van der Waals surface area (Å²) in [6, 6.07) is 2.14. The lowest BCUT2D eigenvalue weighted by atomic mass is 9.77. The predicted molar refractivity (Wildman–Crippen MR) is 89.2 cm³/mol. The van der Waals surface area contributed by atoms with Crippen molar-refractivity contribution < 1.29 is 4.79 Å². The highest BCUT2D eigenvalue weighted by Crippen LogP contribution is 2.37. The van der Waals surface area contributed by atoms with Gasteiger partial charge in [-0.1, -0.05) is 6.92 Å². The molecule has 1 N–H and O–H groups in total. The highest BCUT2D eigenvalue weighted by atomic mass is 35.5. The monoisotopic (exact) mass is 325 g/mol. The molecule has 1 fully saturated rings. The molecule has 4 heteroatoms. The lowest BCUT2D eigenvalue weighted by molar-refractivity contribution is -0.125. The SMILES string of the molecule is CC1CCC(CCl)(NC(=O)C2CCCc3sccc32)CC1. The van der Waals surface area contributed by atoms with Gasteiger partial charge in [0.1, 0.15) is 0 Å². The number of nitrogens with one attached hydrogen (secondary N) is 1. The number of rotatable bonds is 3. The van der Waals surface area contributed by atoms with Crippen molar-refractivity contribution in [3.63, 3.8) is 0 Å². The van der Waals surface area contributed by atoms with Crippen LogP contribution in [0.15, 0.2) is 11.4 Å². The Labute approximate surface area is 136 Å². The van der Waals surface area contributed by atoms with Crippen LogP contribution >= 0.6 is 22.9 Å². The molecular formula is C17H24ClNOS. The van der Waals surface area contributed by atoms with Crippen molar-refractivity contribution in [1.29, 1.82) is 0 Å². The van der Waals surface area contributed by atoms with Crippen molar-refractivity contribution in [3.8, 4) is 0 Å². The maximum absolute atomic E-state index is 12.8. The minimum absolute atomic E-state index is 0.0411. The zero-order valence-corrected chi connectivity index (χ0v) is 14.2. The summed E-state index contributed by atoms with van der Waals surface area (Å²) in [4.78, 5) is 14.2. The van der Waals surface area contributed by atoms with Crippen molar-refractivity contribution in [2.45, 2.75) is 63.3 Å². The average Bonchev–Trinajstić information content (AvgIpc) is 2.98. The molecule has 1 aromatic rings. The van der Waals surface area contributed by atoms with Crippen LogP contribution in [-0.2, 0) is 11.2 Å². The first-order chi connectivity index (χ1) is 10.1. The fourth-order valence-electron chi connectivity index (χ4n) is 3.71. The Morgan fingerprint density at radius 1 is 1.43 bits per heavy atom. The third-order valence-corrected chi connectivity index (χ3v) is 6.75. The van der Waals surface area contributed by atoms with Gasteiger partial charge in [0.2, 0.25) is 5.91 Å². The number of fused-ring (bicyclic) bond motifs is 1. The van der Waals surface area contributed by atoms with Crippen LogP contribution < -0.4 is 5.32 Å². The number of hydrogen-bond donors (Lipinski definition) is 1. The van der Waals surface area contributed by atoms with Gasteiger partial charge in [-0.2, -0.15) is 0 Å². The molecule has 21 heavy (non-hydrogen) atoms. The van der Waals surface area contributed by atoms with Gasteiger partial charge in [-0.25, -0.2) is 0 Å². The van der Waals surface area contributed by atoms with E-state index in [4.69, 9.17) is 11.6 Å². The molecule has 116 valence electrons. The van der Waals surface area contributed by atoms with Crippen LogP contribution in [0.5, 0.6) is 0 Å². The van der Waals surface area contributed by atoms with Crippen LogP contribution in [0, 0.1) is 5.92 Å². The van der Waals surface area contributed by atoms with E-state index in [0.717, 1.165) is 38.0 Å². The van der Waals surface area contributed by atoms with Crippen molar-refractivity contribution in [1.82, 2.24) is 5.32 Å². The summed E-state index contributed by atoms with van der Waals surface area (Å²) in [5.74, 6) is 1.54. The summed E-state index contributed by atoms with van der Waals surface area (Å²) in [5.41, 5.74) is 1.09. The van der Waals surface area contributed by atoms with Crippen molar-refractivity contribution in [3.05, 3.63) is 21.9 Å². The second-order valence-electron chi connectivity index (χ2n) is 6.83. The Morgan fingerprint density at radius 3 is 2.90 bits per heavy atom. The number of thiophene rings is 1. The summed E-state index contributed by atoms with van der Waals surface area (Å²) in [5, 5.41) is 5.46. The van der Waals surface area contributed by atoms with Crippen LogP contribution in [-0.4, -0.2) is 17.3 Å². The molecule has 0 bridgehead atoms. The van der Waals surface area contributed by atoms with Crippen LogP contribution in [0.1, 0.15) is 61.8 Å². The molecule has 1 atom stereocenters. The number of carbonyl (C=O) groups is 1. The fourth-order valence-corrected chi connectivity index (χ4v) is 5.04. The molecule has 0 aliphatic heterocycles. The lowest BCUT2D eigenvalue weighted by Gasteiger charge is -2.40. The second kappa shape index (κ2) is 6.29. The molecule has 3 rings (SSSR count). The predicted octanol–water partition coefficient (Wildman–Crippen LogP) is 4.47. The van der Waals surface area contributed by atoms with Gasteiger partial charge in [0.05, 0.1) is 11.5 Å². The van der Waals surface area contributed by atoms with Crippen molar-refractivity contribution >= 4 is 28.8 Å². The lowest BCUT2D eigenvalue weighted by Crippen LogP contribution is -2.53. The van der Waals surface area contributed by atoms with Crippen LogP contribution in [0.4, 0.5) is 0 Å². The van der Waals surface area contributed by atoms with Gasteiger partial charge in [0, 0.05) is 10.8 Å². The minimum Gasteiger partial charge on any atom is -0.349 e. The van der Waals surface area contributed by atoms with Gasteiger partial charge in [0.15, 0.2) is 0 Å². The van der Waals surface area contributed by atoms with E-state index in [2.05, 4.69) is 23.7 Å². The average molecular weight is 326 g/mol. The van der Waals surface area contributed by atoms with Crippen molar-refractivity contribution in [2.75, 3.05) is 5.88 Å². The van der Waals surface area contributed by atoms with Gasteiger partial charge in [-0.3, -0.25) is 4.79 Å². The number of hydrogen-bond acceptors (Lipinski definition) is 2. The quantitative estimate of drug-likeness (QED) is 0.816.